The summed E-state index contributed by atoms with van der Waals surface area (Å²) in [5, 5.41) is 14.2. The monoisotopic (exact) mass is 116 g/mol. The number of aliphatic hydroxyl groups excluding tert-OH is 1. The minimum Gasteiger partial charge on any atom is -0.378 e. The van der Waals surface area contributed by atoms with Gasteiger partial charge in [-0.05, 0) is 12.6 Å². The van der Waals surface area contributed by atoms with Gasteiger partial charge in [0.2, 0.25) is 0 Å². The molecule has 2 N–H and O–H groups in total. The first-order valence-electron chi connectivity index (χ1n) is 2.17. The van der Waals surface area contributed by atoms with Crippen LogP contribution in [-0.2, 0) is 0 Å². The number of nitrogens with one attached hydrogen (secondary N) is 1. The molecule has 0 saturated heterocycles. The van der Waals surface area contributed by atoms with Crippen LogP contribution in [-0.4, -0.2) is 24.9 Å². The number of hydrogen-bond acceptors (Lipinski definition) is 3. The molecule has 5 nitrogen and oxygen atoms in total. The third kappa shape index (κ3) is 3.42. The van der Waals surface area contributed by atoms with Crippen LogP contribution < -0.4 is 5.32 Å². The van der Waals surface area contributed by atoms with Crippen LogP contribution in [0, 0.1) is 0 Å². The van der Waals surface area contributed by atoms with Crippen molar-refractivity contribution in [1.82, 2.24) is 5.32 Å². The standard InChI is InChI=1S/C3H8N4O/c1-5-3(8)2-6-7-4/h3,5,8H,2H2,1H3. The third-order valence-electron chi connectivity index (χ3n) is 0.651. The lowest BCUT2D eigenvalue weighted by Crippen LogP contribution is -2.26. The predicted molar refractivity (Wildman–Crippen MR) is 29.1 cm³/mol. The van der Waals surface area contributed by atoms with Gasteiger partial charge in [0.05, 0.1) is 6.54 Å². The van der Waals surface area contributed by atoms with Gasteiger partial charge in [0.25, 0.3) is 0 Å². The van der Waals surface area contributed by atoms with Gasteiger partial charge in [-0.15, -0.1) is 0 Å². The Balaban J connectivity index is 3.23. The molecular formula is C3H8N4O. The van der Waals surface area contributed by atoms with E-state index in [4.69, 9.17) is 10.6 Å². The maximum atomic E-state index is 8.61. The lowest BCUT2D eigenvalue weighted by Gasteiger charge is -2.01. The van der Waals surface area contributed by atoms with Gasteiger partial charge >= 0.3 is 0 Å². The summed E-state index contributed by atoms with van der Waals surface area (Å²) in [7, 11) is 1.58. The molecule has 46 valence electrons. The molecule has 0 aliphatic heterocycles. The van der Waals surface area contributed by atoms with E-state index in [0.29, 0.717) is 0 Å². The van der Waals surface area contributed by atoms with Crippen molar-refractivity contribution in [3.8, 4) is 0 Å². The van der Waals surface area contributed by atoms with Gasteiger partial charge in [-0.25, -0.2) is 0 Å². The fraction of sp³-hybridized carbons (Fsp3) is 1.00. The van der Waals surface area contributed by atoms with Crippen LogP contribution in [0.15, 0.2) is 5.11 Å². The molecule has 0 saturated carbocycles. The summed E-state index contributed by atoms with van der Waals surface area (Å²) in [6.45, 7) is 0.0764. The molecular weight excluding hydrogens is 108 g/mol. The van der Waals surface area contributed by atoms with Crippen molar-refractivity contribution in [2.75, 3.05) is 13.6 Å². The zero-order chi connectivity index (χ0) is 6.41. The van der Waals surface area contributed by atoms with Crippen molar-refractivity contribution < 1.29 is 5.11 Å². The fourth-order valence-corrected chi connectivity index (χ4v) is 0.205. The number of likely N-dealkylation sites (N-methyl/N-ethyl adjacent to an activating group) is 1. The molecule has 1 unspecified atom stereocenters. The molecule has 0 heterocycles. The highest BCUT2D eigenvalue weighted by atomic mass is 16.3. The molecule has 0 aliphatic rings. The third-order valence-corrected chi connectivity index (χ3v) is 0.651. The van der Waals surface area contributed by atoms with E-state index < -0.39 is 6.23 Å². The van der Waals surface area contributed by atoms with Crippen LogP contribution in [0.25, 0.3) is 10.4 Å². The fourth-order valence-electron chi connectivity index (χ4n) is 0.205. The second-order valence-corrected chi connectivity index (χ2v) is 1.22. The Kier molecular flexibility index (Phi) is 3.97. The first-order chi connectivity index (χ1) is 3.81. The quantitative estimate of drug-likeness (QED) is 0.232. The maximum absolute atomic E-state index is 8.61. The van der Waals surface area contributed by atoms with Crippen molar-refractivity contribution in [3.05, 3.63) is 10.4 Å². The zero-order valence-corrected chi connectivity index (χ0v) is 4.57. The van der Waals surface area contributed by atoms with E-state index >= 15 is 0 Å². The van der Waals surface area contributed by atoms with Gasteiger partial charge in [-0.2, -0.15) is 0 Å². The summed E-state index contributed by atoms with van der Waals surface area (Å²) in [4.78, 5) is 2.45. The van der Waals surface area contributed by atoms with E-state index in [1.54, 1.807) is 7.05 Å². The Bertz CT molecular complexity index is 97.5. The molecule has 0 bridgehead atoms. The van der Waals surface area contributed by atoms with Crippen LogP contribution in [0.2, 0.25) is 0 Å². The summed E-state index contributed by atoms with van der Waals surface area (Å²) in [5.41, 5.74) is 7.73. The van der Waals surface area contributed by atoms with Crippen LogP contribution in [0.4, 0.5) is 0 Å². The first kappa shape index (κ1) is 7.23. The van der Waals surface area contributed by atoms with Crippen molar-refractivity contribution in [3.63, 3.8) is 0 Å². The second-order valence-electron chi connectivity index (χ2n) is 1.22. The molecule has 8 heavy (non-hydrogen) atoms. The molecule has 0 aromatic heterocycles. The Morgan fingerprint density at radius 1 is 2.00 bits per heavy atom. The Hall–Kier alpha value is -0.770. The Labute approximate surface area is 46.9 Å². The number of aliphatic hydroxyl groups is 1. The molecule has 0 amide bonds. The van der Waals surface area contributed by atoms with E-state index in [0.717, 1.165) is 0 Å². The molecule has 0 rings (SSSR count). The zero-order valence-electron chi connectivity index (χ0n) is 4.57. The van der Waals surface area contributed by atoms with Gasteiger partial charge < -0.3 is 5.11 Å². The Morgan fingerprint density at radius 3 is 3.00 bits per heavy atom. The Morgan fingerprint density at radius 2 is 2.62 bits per heavy atom. The molecule has 1 atom stereocenters. The van der Waals surface area contributed by atoms with Crippen LogP contribution in [0.1, 0.15) is 0 Å². The highest BCUT2D eigenvalue weighted by molar-refractivity contribution is 4.52. The summed E-state index contributed by atoms with van der Waals surface area (Å²) in [5.74, 6) is 0. The number of hydrogen-bond donors (Lipinski definition) is 2. The highest BCUT2D eigenvalue weighted by Gasteiger charge is 1.92. The minimum atomic E-state index is -0.717. The average Bonchev–Trinajstić information content (AvgIpc) is 1.83. The number of rotatable bonds is 3. The van der Waals surface area contributed by atoms with E-state index in [-0.39, 0.29) is 6.54 Å². The molecule has 0 radical (unpaired) electrons. The molecule has 0 aliphatic carbocycles. The molecule has 0 aromatic rings. The lowest BCUT2D eigenvalue weighted by molar-refractivity contribution is 0.155. The van der Waals surface area contributed by atoms with Gasteiger partial charge in [0.15, 0.2) is 0 Å². The van der Waals surface area contributed by atoms with Gasteiger partial charge in [0.1, 0.15) is 6.23 Å². The van der Waals surface area contributed by atoms with Crippen molar-refractivity contribution >= 4 is 0 Å². The first-order valence-corrected chi connectivity index (χ1v) is 2.17. The van der Waals surface area contributed by atoms with Gasteiger partial charge in [-0.3, -0.25) is 5.32 Å². The van der Waals surface area contributed by atoms with Crippen LogP contribution >= 0.6 is 0 Å². The summed E-state index contributed by atoms with van der Waals surface area (Å²) in [6.07, 6.45) is -0.717. The SMILES string of the molecule is CNC(O)CN=[N+]=[N-]. The molecule has 0 fully saturated rings. The van der Waals surface area contributed by atoms with Gasteiger partial charge in [-0.1, -0.05) is 5.11 Å². The van der Waals surface area contributed by atoms with Crippen molar-refractivity contribution in [1.29, 1.82) is 0 Å². The van der Waals surface area contributed by atoms with E-state index in [2.05, 4.69) is 15.3 Å². The van der Waals surface area contributed by atoms with E-state index in [1.165, 1.54) is 0 Å². The van der Waals surface area contributed by atoms with Crippen molar-refractivity contribution in [2.45, 2.75) is 6.23 Å². The molecule has 0 aromatic carbocycles. The smallest absolute Gasteiger partial charge is 0.110 e. The predicted octanol–water partition coefficient (Wildman–Crippen LogP) is -0.166. The number of azide groups is 1. The van der Waals surface area contributed by atoms with Crippen LogP contribution in [0.5, 0.6) is 0 Å². The normalized spacial score (nSPS) is 12.2. The second kappa shape index (κ2) is 4.39. The largest absolute Gasteiger partial charge is 0.378 e. The number of nitrogens with zero attached hydrogens (tertiary/aromatic N) is 3. The summed E-state index contributed by atoms with van der Waals surface area (Å²) >= 11 is 0. The molecule has 5 heteroatoms. The minimum absolute atomic E-state index is 0.0764. The lowest BCUT2D eigenvalue weighted by atomic mass is 10.6. The van der Waals surface area contributed by atoms with E-state index in [1.807, 2.05) is 0 Å². The topological polar surface area (TPSA) is 81.0 Å². The van der Waals surface area contributed by atoms with Gasteiger partial charge in [0, 0.05) is 4.91 Å². The summed E-state index contributed by atoms with van der Waals surface area (Å²) < 4.78 is 0. The van der Waals surface area contributed by atoms with E-state index in [9.17, 15) is 0 Å². The highest BCUT2D eigenvalue weighted by Crippen LogP contribution is 1.75. The summed E-state index contributed by atoms with van der Waals surface area (Å²) in [6, 6.07) is 0. The average molecular weight is 116 g/mol. The van der Waals surface area contributed by atoms with Crippen molar-refractivity contribution in [2.24, 2.45) is 5.11 Å². The van der Waals surface area contributed by atoms with Crippen LogP contribution in [0.3, 0.4) is 0 Å². The molecule has 0 spiro atoms. The maximum Gasteiger partial charge on any atom is 0.110 e.